The number of hydrogen-bond donors (Lipinski definition) is 1. The van der Waals surface area contributed by atoms with E-state index in [0.29, 0.717) is 6.04 Å². The molecule has 0 fully saturated rings. The monoisotopic (exact) mass is 683 g/mol. The molecule has 0 radical (unpaired) electrons. The van der Waals surface area contributed by atoms with Crippen LogP contribution in [0.3, 0.4) is 0 Å². The average molecular weight is 684 g/mol. The Morgan fingerprint density at radius 2 is 1.38 bits per heavy atom. The van der Waals surface area contributed by atoms with Gasteiger partial charge in [-0.15, -0.1) is 0 Å². The van der Waals surface area contributed by atoms with Crippen LogP contribution in [0.4, 0.5) is 28.7 Å². The first-order chi connectivity index (χ1) is 25.8. The lowest BCUT2D eigenvalue weighted by molar-refractivity contribution is 0.337. The van der Waals surface area contributed by atoms with Gasteiger partial charge in [0.15, 0.2) is 0 Å². The molecule has 0 aliphatic heterocycles. The molecule has 8 rings (SSSR count). The van der Waals surface area contributed by atoms with E-state index in [1.54, 1.807) is 0 Å². The molecule has 2 atom stereocenters. The van der Waals surface area contributed by atoms with Gasteiger partial charge in [-0.1, -0.05) is 91.0 Å². The zero-order valence-corrected chi connectivity index (χ0v) is 30.0. The van der Waals surface area contributed by atoms with Crippen LogP contribution in [0.15, 0.2) is 181 Å². The van der Waals surface area contributed by atoms with Crippen LogP contribution in [0, 0.1) is 0 Å². The third-order valence-electron chi connectivity index (χ3n) is 10.4. The lowest BCUT2D eigenvalue weighted by Crippen LogP contribution is -2.41. The molecule has 262 valence electrons. The Labute approximate surface area is 309 Å². The first-order valence-corrected chi connectivity index (χ1v) is 19.2. The average Bonchev–Trinajstić information content (AvgIpc) is 3.21. The zero-order valence-electron chi connectivity index (χ0n) is 30.0. The molecule has 1 aromatic heterocycles. The second-order valence-corrected chi connectivity index (χ2v) is 14.1. The van der Waals surface area contributed by atoms with Gasteiger partial charge < -0.3 is 15.1 Å². The van der Waals surface area contributed by atoms with Gasteiger partial charge >= 0.3 is 0 Å². The summed E-state index contributed by atoms with van der Waals surface area (Å²) in [6, 6.07) is 38.7. The maximum Gasteiger partial charge on any atom is 0.139 e. The molecule has 0 saturated carbocycles. The standard InChI is InChI=1S/C47H49N5/c1-7-20-37(21-8-1)48-46-32-19-33-47(49-46)52(42-30-17-6-18-31-42)45-35-43(50(38-22-9-2-10-23-38)39-24-11-3-12-25-39)34-44(36-45)51(40-26-13-4-14-27-40)41-28-15-5-16-29-41/h1-2,6-11,13,17-24,26-28,30-33,35-36,39,44H,3-5,12,14-16,25,29,34H2,(H,48,49). The normalized spacial score (nSPS) is 19.8. The maximum atomic E-state index is 5.26. The summed E-state index contributed by atoms with van der Waals surface area (Å²) in [6.07, 6.45) is 30.7. The second-order valence-electron chi connectivity index (χ2n) is 14.1. The van der Waals surface area contributed by atoms with Gasteiger partial charge in [0, 0.05) is 46.3 Å². The van der Waals surface area contributed by atoms with Crippen molar-refractivity contribution in [2.45, 2.75) is 76.3 Å². The van der Waals surface area contributed by atoms with Gasteiger partial charge in [0.05, 0.1) is 12.1 Å². The second kappa shape index (κ2) is 16.2. The van der Waals surface area contributed by atoms with Crippen molar-refractivity contribution in [2.24, 2.45) is 0 Å². The molecule has 5 heteroatoms. The van der Waals surface area contributed by atoms with Crippen LogP contribution in [-0.4, -0.2) is 22.0 Å². The van der Waals surface area contributed by atoms with E-state index in [4.69, 9.17) is 4.98 Å². The van der Waals surface area contributed by atoms with E-state index in [9.17, 15) is 0 Å². The van der Waals surface area contributed by atoms with E-state index in [2.05, 4.69) is 154 Å². The molecular formula is C47H49N5. The largest absolute Gasteiger partial charge is 0.340 e. The third-order valence-corrected chi connectivity index (χ3v) is 10.4. The SMILES string of the molecule is C1=CC(N(C2=CCCCC2)C2C=C(N(c3ccccc3)c3cccc(Nc4ccccc4)n3)C=C(N(c3ccccc3)C3C=CCCC3)C2)=CCC1. The van der Waals surface area contributed by atoms with E-state index in [1.807, 2.05) is 24.3 Å². The molecule has 0 saturated heterocycles. The molecule has 4 aromatic rings. The Morgan fingerprint density at radius 3 is 2.10 bits per heavy atom. The van der Waals surface area contributed by atoms with E-state index >= 15 is 0 Å². The van der Waals surface area contributed by atoms with E-state index in [0.717, 1.165) is 73.7 Å². The predicted molar refractivity (Wildman–Crippen MR) is 218 cm³/mol. The van der Waals surface area contributed by atoms with Crippen LogP contribution < -0.4 is 15.1 Å². The van der Waals surface area contributed by atoms with Crippen molar-refractivity contribution in [1.82, 2.24) is 9.88 Å². The van der Waals surface area contributed by atoms with Gasteiger partial charge in [0.2, 0.25) is 0 Å². The Morgan fingerprint density at radius 1 is 0.596 bits per heavy atom. The first kappa shape index (κ1) is 33.6. The molecule has 3 aromatic carbocycles. The number of allylic oxidation sites excluding steroid dienone is 7. The minimum absolute atomic E-state index is 0.115. The molecule has 0 bridgehead atoms. The summed E-state index contributed by atoms with van der Waals surface area (Å²) in [5, 5.41) is 3.54. The number of benzene rings is 3. The number of para-hydroxylation sites is 3. The van der Waals surface area contributed by atoms with Gasteiger partial charge in [-0.2, -0.15) is 0 Å². The van der Waals surface area contributed by atoms with Gasteiger partial charge in [-0.3, -0.25) is 4.90 Å². The summed E-state index contributed by atoms with van der Waals surface area (Å²) in [6.45, 7) is 0. The van der Waals surface area contributed by atoms with Crippen molar-refractivity contribution in [1.29, 1.82) is 0 Å². The smallest absolute Gasteiger partial charge is 0.139 e. The minimum Gasteiger partial charge on any atom is -0.340 e. The Balaban J connectivity index is 1.30. The zero-order chi connectivity index (χ0) is 35.0. The van der Waals surface area contributed by atoms with Crippen molar-refractivity contribution < 1.29 is 0 Å². The van der Waals surface area contributed by atoms with Crippen molar-refractivity contribution in [3.8, 4) is 0 Å². The highest BCUT2D eigenvalue weighted by atomic mass is 15.3. The summed E-state index contributed by atoms with van der Waals surface area (Å²) in [7, 11) is 0. The highest BCUT2D eigenvalue weighted by Gasteiger charge is 2.33. The topological polar surface area (TPSA) is 34.6 Å². The van der Waals surface area contributed by atoms with E-state index < -0.39 is 0 Å². The fraction of sp³-hybridized carbons (Fsp3) is 0.255. The Hall–Kier alpha value is -5.55. The molecule has 0 amide bonds. The molecule has 4 aliphatic carbocycles. The number of anilines is 5. The fourth-order valence-electron chi connectivity index (χ4n) is 8.06. The van der Waals surface area contributed by atoms with Crippen LogP contribution in [0.1, 0.15) is 64.2 Å². The quantitative estimate of drug-likeness (QED) is 0.159. The molecule has 0 spiro atoms. The van der Waals surface area contributed by atoms with Crippen LogP contribution in [0.2, 0.25) is 0 Å². The number of nitrogens with one attached hydrogen (secondary N) is 1. The molecular weight excluding hydrogens is 635 g/mol. The lowest BCUT2D eigenvalue weighted by Gasteiger charge is -2.43. The number of rotatable bonds is 11. The third kappa shape index (κ3) is 7.69. The molecule has 52 heavy (non-hydrogen) atoms. The molecule has 2 unspecified atom stereocenters. The predicted octanol–water partition coefficient (Wildman–Crippen LogP) is 12.1. The van der Waals surface area contributed by atoms with E-state index in [-0.39, 0.29) is 6.04 Å². The lowest BCUT2D eigenvalue weighted by atomic mass is 9.92. The van der Waals surface area contributed by atoms with Gasteiger partial charge in [0.25, 0.3) is 0 Å². The summed E-state index contributed by atoms with van der Waals surface area (Å²) in [5.41, 5.74) is 8.57. The molecule has 1 heterocycles. The van der Waals surface area contributed by atoms with Crippen molar-refractivity contribution in [3.63, 3.8) is 0 Å². The van der Waals surface area contributed by atoms with Gasteiger partial charge in [-0.05, 0) is 125 Å². The van der Waals surface area contributed by atoms with Crippen molar-refractivity contribution >= 4 is 28.7 Å². The molecule has 5 nitrogen and oxygen atoms in total. The fourth-order valence-corrected chi connectivity index (χ4v) is 8.06. The van der Waals surface area contributed by atoms with Crippen LogP contribution in [0.5, 0.6) is 0 Å². The highest BCUT2D eigenvalue weighted by molar-refractivity contribution is 5.71. The van der Waals surface area contributed by atoms with Crippen LogP contribution in [-0.2, 0) is 0 Å². The highest BCUT2D eigenvalue weighted by Crippen LogP contribution is 2.41. The Bertz CT molecular complexity index is 1990. The number of hydrogen-bond acceptors (Lipinski definition) is 5. The number of pyridine rings is 1. The van der Waals surface area contributed by atoms with Crippen molar-refractivity contribution in [3.05, 3.63) is 181 Å². The Kier molecular flexibility index (Phi) is 10.5. The van der Waals surface area contributed by atoms with E-state index in [1.165, 1.54) is 42.0 Å². The summed E-state index contributed by atoms with van der Waals surface area (Å²) < 4.78 is 0. The number of nitrogens with zero attached hydrogens (tertiary/aromatic N) is 4. The minimum atomic E-state index is 0.115. The van der Waals surface area contributed by atoms with Gasteiger partial charge in [-0.25, -0.2) is 4.98 Å². The molecule has 1 N–H and O–H groups in total. The van der Waals surface area contributed by atoms with Crippen LogP contribution in [0.25, 0.3) is 0 Å². The summed E-state index contributed by atoms with van der Waals surface area (Å²) in [4.78, 5) is 12.9. The molecule has 4 aliphatic rings. The number of aromatic nitrogens is 1. The van der Waals surface area contributed by atoms with Crippen molar-refractivity contribution in [2.75, 3.05) is 15.1 Å². The van der Waals surface area contributed by atoms with Gasteiger partial charge in [0.1, 0.15) is 11.6 Å². The maximum absolute atomic E-state index is 5.26. The van der Waals surface area contributed by atoms with Crippen LogP contribution >= 0.6 is 0 Å². The summed E-state index contributed by atoms with van der Waals surface area (Å²) in [5.74, 6) is 1.69. The summed E-state index contributed by atoms with van der Waals surface area (Å²) >= 11 is 0. The first-order valence-electron chi connectivity index (χ1n) is 19.2.